The number of rotatable bonds is 10. The maximum atomic E-state index is 14.2. The molecule has 1 aliphatic rings. The molecule has 0 radical (unpaired) electrons. The predicted octanol–water partition coefficient (Wildman–Crippen LogP) is 6.57. The van der Waals surface area contributed by atoms with Gasteiger partial charge in [0.15, 0.2) is 0 Å². The van der Waals surface area contributed by atoms with Crippen molar-refractivity contribution in [1.29, 1.82) is 0 Å². The third-order valence-electron chi connectivity index (χ3n) is 5.96. The summed E-state index contributed by atoms with van der Waals surface area (Å²) in [5.41, 5.74) is 1.96. The van der Waals surface area contributed by atoms with E-state index >= 15 is 0 Å². The number of carbonyl (C=O) groups is 2. The van der Waals surface area contributed by atoms with Crippen LogP contribution in [0.3, 0.4) is 0 Å². The van der Waals surface area contributed by atoms with Gasteiger partial charge in [-0.05, 0) is 48.8 Å². The van der Waals surface area contributed by atoms with Gasteiger partial charge in [-0.2, -0.15) is 0 Å². The second-order valence-electron chi connectivity index (χ2n) is 10.5. The molecule has 3 aromatic rings. The Labute approximate surface area is 213 Å². The van der Waals surface area contributed by atoms with Crippen molar-refractivity contribution in [3.05, 3.63) is 52.2 Å². The Morgan fingerprint density at radius 3 is 2.61 bits per heavy atom. The van der Waals surface area contributed by atoms with Crippen LogP contribution < -0.4 is 5.32 Å². The summed E-state index contributed by atoms with van der Waals surface area (Å²) in [6.45, 7) is 6.31. The quantitative estimate of drug-likeness (QED) is 0.312. The molecule has 1 amide bonds. The molecule has 1 aliphatic carbocycles. The highest BCUT2D eigenvalue weighted by atomic mass is 35.5. The first-order valence-electron chi connectivity index (χ1n) is 11.9. The highest BCUT2D eigenvalue weighted by Gasteiger charge is 2.37. The minimum atomic E-state index is -0.986. The summed E-state index contributed by atoms with van der Waals surface area (Å²) in [6.07, 6.45) is 2.47. The van der Waals surface area contributed by atoms with Gasteiger partial charge in [0, 0.05) is 41.8 Å². The van der Waals surface area contributed by atoms with Crippen molar-refractivity contribution in [1.82, 2.24) is 10.3 Å². The normalized spacial score (nSPS) is 14.6. The average molecular weight is 518 g/mol. The van der Waals surface area contributed by atoms with E-state index in [1.165, 1.54) is 12.1 Å². The molecule has 0 aliphatic heterocycles. The van der Waals surface area contributed by atoms with Crippen LogP contribution in [0.5, 0.6) is 0 Å². The zero-order valence-electron chi connectivity index (χ0n) is 20.4. The van der Waals surface area contributed by atoms with Gasteiger partial charge in [0.25, 0.3) is 0 Å². The summed E-state index contributed by atoms with van der Waals surface area (Å²) in [6, 6.07) is 5.81. The zero-order valence-corrected chi connectivity index (χ0v) is 21.2. The molecule has 2 N–H and O–H groups in total. The van der Waals surface area contributed by atoms with E-state index in [0.29, 0.717) is 23.6 Å². The third-order valence-corrected chi connectivity index (χ3v) is 6.20. The molecule has 0 bridgehead atoms. The average Bonchev–Trinajstić information content (AvgIpc) is 3.35. The Bertz CT molecular complexity index is 1260. The van der Waals surface area contributed by atoms with Crippen LogP contribution >= 0.6 is 11.6 Å². The van der Waals surface area contributed by atoms with Gasteiger partial charge in [-0.3, -0.25) is 9.59 Å². The van der Waals surface area contributed by atoms with Crippen LogP contribution in [0, 0.1) is 11.2 Å². The summed E-state index contributed by atoms with van der Waals surface area (Å²) in [7, 11) is 0. The summed E-state index contributed by atoms with van der Waals surface area (Å²) in [5.74, 6) is -1.28. The fraction of sp³-hybridized carbons (Fsp3) is 0.462. The van der Waals surface area contributed by atoms with Crippen LogP contribution in [0.1, 0.15) is 81.8 Å². The van der Waals surface area contributed by atoms with E-state index in [0.717, 1.165) is 30.2 Å². The molecule has 0 unspecified atom stereocenters. The van der Waals surface area contributed by atoms with Crippen LogP contribution in [0.15, 0.2) is 33.3 Å². The van der Waals surface area contributed by atoms with Crippen molar-refractivity contribution in [2.75, 3.05) is 5.32 Å². The van der Waals surface area contributed by atoms with E-state index in [2.05, 4.69) is 36.4 Å². The molecule has 0 saturated heterocycles. The first-order chi connectivity index (χ1) is 17.0. The lowest BCUT2D eigenvalue weighted by Crippen LogP contribution is -2.17. The number of carboxylic acid groups (broad SMARTS) is 1. The minimum Gasteiger partial charge on any atom is -0.481 e. The van der Waals surface area contributed by atoms with E-state index in [4.69, 9.17) is 20.6 Å². The zero-order chi connectivity index (χ0) is 26.0. The van der Waals surface area contributed by atoms with Crippen molar-refractivity contribution in [2.45, 2.75) is 71.1 Å². The molecular weight excluding hydrogens is 489 g/mol. The van der Waals surface area contributed by atoms with E-state index in [1.54, 1.807) is 0 Å². The lowest BCUT2D eigenvalue weighted by molar-refractivity contribution is -0.137. The van der Waals surface area contributed by atoms with Gasteiger partial charge in [-0.15, -0.1) is 0 Å². The number of hydrogen-bond donors (Lipinski definition) is 2. The van der Waals surface area contributed by atoms with Gasteiger partial charge >= 0.3 is 5.97 Å². The van der Waals surface area contributed by atoms with E-state index in [1.807, 2.05) is 6.07 Å². The molecule has 1 atom stereocenters. The van der Waals surface area contributed by atoms with Crippen LogP contribution in [0.25, 0.3) is 11.4 Å². The molecule has 1 aromatic carbocycles. The van der Waals surface area contributed by atoms with E-state index in [9.17, 15) is 19.1 Å². The summed E-state index contributed by atoms with van der Waals surface area (Å²) >= 11 is 5.79. The minimum absolute atomic E-state index is 0.00367. The highest BCUT2D eigenvalue weighted by Crippen LogP contribution is 2.48. The Balaban J connectivity index is 1.60. The van der Waals surface area contributed by atoms with Gasteiger partial charge in [0.2, 0.25) is 5.91 Å². The molecule has 2 heterocycles. The Hall–Kier alpha value is -3.20. The summed E-state index contributed by atoms with van der Waals surface area (Å²) in [5, 5.41) is 20.5. The van der Waals surface area contributed by atoms with Crippen molar-refractivity contribution < 1.29 is 28.1 Å². The molecule has 2 aromatic heterocycles. The molecule has 0 spiro atoms. The Morgan fingerprint density at radius 1 is 1.22 bits per heavy atom. The number of nitrogens with zero attached hydrogens (tertiary/aromatic N) is 2. The number of aromatic nitrogens is 2. The topological polar surface area (TPSA) is 118 Å². The number of nitrogens with one attached hydrogen (secondary N) is 1. The molecule has 10 heteroatoms. The SMILES string of the molecule is CC(C)(C)Cc1cc(-c2noc([C@@H](CCC(=O)O)CC(=O)Nc3ccc(Cl)cc3F)c2C2CC2)no1. The number of halogens is 2. The van der Waals surface area contributed by atoms with E-state index < -0.39 is 23.6 Å². The van der Waals surface area contributed by atoms with Gasteiger partial charge in [0.05, 0.1) is 5.69 Å². The second-order valence-corrected chi connectivity index (χ2v) is 10.9. The first kappa shape index (κ1) is 25.9. The fourth-order valence-electron chi connectivity index (χ4n) is 4.23. The fourth-order valence-corrected chi connectivity index (χ4v) is 4.38. The lowest BCUT2D eigenvalue weighted by Gasteiger charge is -2.15. The first-order valence-corrected chi connectivity index (χ1v) is 12.3. The van der Waals surface area contributed by atoms with Gasteiger partial charge in [0.1, 0.15) is 28.7 Å². The number of anilines is 1. The van der Waals surface area contributed by atoms with E-state index in [-0.39, 0.29) is 41.3 Å². The maximum absolute atomic E-state index is 14.2. The molecule has 36 heavy (non-hydrogen) atoms. The van der Waals surface area contributed by atoms with Gasteiger partial charge < -0.3 is 19.5 Å². The van der Waals surface area contributed by atoms with Crippen molar-refractivity contribution in [2.24, 2.45) is 5.41 Å². The monoisotopic (exact) mass is 517 g/mol. The number of benzene rings is 1. The van der Waals surface area contributed by atoms with Crippen LogP contribution in [-0.4, -0.2) is 27.3 Å². The van der Waals surface area contributed by atoms with Gasteiger partial charge in [-0.1, -0.05) is 42.7 Å². The molecular formula is C26H29ClFN3O5. The number of carboxylic acids is 1. The smallest absolute Gasteiger partial charge is 0.303 e. The maximum Gasteiger partial charge on any atom is 0.303 e. The van der Waals surface area contributed by atoms with Crippen molar-refractivity contribution in [3.63, 3.8) is 0 Å². The van der Waals surface area contributed by atoms with Crippen molar-refractivity contribution >= 4 is 29.2 Å². The van der Waals surface area contributed by atoms with Gasteiger partial charge in [-0.25, -0.2) is 4.39 Å². The molecule has 1 saturated carbocycles. The summed E-state index contributed by atoms with van der Waals surface area (Å²) < 4.78 is 25.5. The largest absolute Gasteiger partial charge is 0.481 e. The predicted molar refractivity (Wildman–Crippen MR) is 131 cm³/mol. The number of aliphatic carboxylic acids is 1. The van der Waals surface area contributed by atoms with Crippen LogP contribution in [0.4, 0.5) is 10.1 Å². The number of hydrogen-bond acceptors (Lipinski definition) is 6. The summed E-state index contributed by atoms with van der Waals surface area (Å²) in [4.78, 5) is 24.2. The molecule has 8 nitrogen and oxygen atoms in total. The number of amides is 1. The Morgan fingerprint density at radius 2 is 1.97 bits per heavy atom. The van der Waals surface area contributed by atoms with Crippen LogP contribution in [0.2, 0.25) is 5.02 Å². The molecule has 4 rings (SSSR count). The van der Waals surface area contributed by atoms with Crippen molar-refractivity contribution in [3.8, 4) is 11.4 Å². The Kier molecular flexibility index (Phi) is 7.49. The second kappa shape index (κ2) is 10.4. The lowest BCUT2D eigenvalue weighted by atomic mass is 9.90. The van der Waals surface area contributed by atoms with Crippen LogP contribution in [-0.2, 0) is 16.0 Å². The third kappa shape index (κ3) is 6.51. The standard InChI is InChI=1S/C26H29ClFN3O5/c1-26(2,3)13-17-12-20(30-35-17)24-23(14-4-5-14)25(36-31-24)15(6-9-22(33)34)10-21(32)29-19-8-7-16(27)11-18(19)28/h7-8,11-12,14-15H,4-6,9-10,13H2,1-3H3,(H,29,32)(H,33,34)/t15-/m0/s1. The molecule has 192 valence electrons. The molecule has 1 fully saturated rings. The highest BCUT2D eigenvalue weighted by molar-refractivity contribution is 6.30. The number of carbonyl (C=O) groups excluding carboxylic acids is 1.